The maximum atomic E-state index is 9.22. The normalized spacial score (nSPS) is 19.8. The summed E-state index contributed by atoms with van der Waals surface area (Å²) in [6.07, 6.45) is 7.54. The topological polar surface area (TPSA) is 44.3 Å². The second-order valence-electron chi connectivity index (χ2n) is 12.5. The van der Waals surface area contributed by atoms with E-state index in [1.807, 2.05) is 36.0 Å². The van der Waals surface area contributed by atoms with Crippen LogP contribution < -0.4 is 4.90 Å². The summed E-state index contributed by atoms with van der Waals surface area (Å²) in [5.41, 5.74) is 11.1. The highest BCUT2D eigenvalue weighted by molar-refractivity contribution is 8.03. The summed E-state index contributed by atoms with van der Waals surface area (Å²) in [6.45, 7) is 2.39. The molecule has 0 amide bonds. The molecule has 5 aromatic carbocycles. The zero-order valence-electron chi connectivity index (χ0n) is 25.6. The Morgan fingerprint density at radius 2 is 1.54 bits per heavy atom. The van der Waals surface area contributed by atoms with Crippen molar-refractivity contribution >= 4 is 45.0 Å². The van der Waals surface area contributed by atoms with E-state index in [9.17, 15) is 5.26 Å². The van der Waals surface area contributed by atoms with Crippen LogP contribution in [-0.4, -0.2) is 17.3 Å². The molecule has 0 fully saturated rings. The van der Waals surface area contributed by atoms with Crippen LogP contribution in [0.5, 0.6) is 0 Å². The molecule has 3 heterocycles. The highest BCUT2D eigenvalue weighted by atomic mass is 32.2. The molecule has 0 N–H and O–H groups in total. The number of anilines is 1. The zero-order valence-corrected chi connectivity index (χ0v) is 26.4. The van der Waals surface area contributed by atoms with Crippen molar-refractivity contribution in [1.29, 1.82) is 5.26 Å². The smallest absolute Gasteiger partial charge is 0.203 e. The molecule has 0 radical (unpaired) electrons. The first kappa shape index (κ1) is 27.0. The van der Waals surface area contributed by atoms with Crippen molar-refractivity contribution < 1.29 is 0 Å². The molecule has 2 aliphatic heterocycles. The van der Waals surface area contributed by atoms with Gasteiger partial charge < -0.3 is 4.90 Å². The van der Waals surface area contributed by atoms with Crippen molar-refractivity contribution in [2.75, 3.05) is 11.9 Å². The highest BCUT2D eigenvalue weighted by Gasteiger charge is 2.42. The maximum Gasteiger partial charge on any atom is 0.203 e. The van der Waals surface area contributed by atoms with E-state index in [4.69, 9.17) is 4.99 Å². The van der Waals surface area contributed by atoms with Gasteiger partial charge in [0, 0.05) is 49.9 Å². The fourth-order valence-electron chi connectivity index (χ4n) is 7.48. The molecule has 2 unspecified atom stereocenters. The first-order chi connectivity index (χ1) is 22.5. The van der Waals surface area contributed by atoms with Crippen molar-refractivity contribution in [3.63, 3.8) is 0 Å². The Morgan fingerprint density at radius 1 is 0.826 bits per heavy atom. The largest absolute Gasteiger partial charge is 0.335 e. The van der Waals surface area contributed by atoms with Gasteiger partial charge in [0.1, 0.15) is 0 Å². The van der Waals surface area contributed by atoms with Crippen molar-refractivity contribution in [2.24, 2.45) is 4.99 Å². The molecule has 4 nitrogen and oxygen atoms in total. The lowest BCUT2D eigenvalue weighted by molar-refractivity contribution is 0.537. The summed E-state index contributed by atoms with van der Waals surface area (Å²) in [6, 6.07) is 40.7. The van der Waals surface area contributed by atoms with Gasteiger partial charge in [-0.3, -0.25) is 4.57 Å². The van der Waals surface area contributed by atoms with E-state index in [0.717, 1.165) is 40.1 Å². The quantitative estimate of drug-likeness (QED) is 0.200. The SMILES string of the molecule is CN1c2ccccc2C(c2ccc(-c3ccc(C#N)cc3)cc2)=NC1n1c2ccccc2c2ccc3c(c21)SC1=CC=CCC13C. The lowest BCUT2D eigenvalue weighted by atomic mass is 9.77. The second kappa shape index (κ2) is 10.1. The van der Waals surface area contributed by atoms with Crippen LogP contribution in [0.1, 0.15) is 41.9 Å². The van der Waals surface area contributed by atoms with Gasteiger partial charge in [-0.2, -0.15) is 5.26 Å². The fourth-order valence-corrected chi connectivity index (χ4v) is 8.97. The Labute approximate surface area is 272 Å². The molecule has 2 atom stereocenters. The predicted octanol–water partition coefficient (Wildman–Crippen LogP) is 9.98. The Hall–Kier alpha value is -5.31. The van der Waals surface area contributed by atoms with Crippen LogP contribution in [0.15, 0.2) is 142 Å². The van der Waals surface area contributed by atoms with Gasteiger partial charge >= 0.3 is 0 Å². The van der Waals surface area contributed by atoms with Gasteiger partial charge in [0.05, 0.1) is 28.4 Å². The predicted molar refractivity (Wildman–Crippen MR) is 191 cm³/mol. The number of allylic oxidation sites excluding steroid dienone is 4. The van der Waals surface area contributed by atoms with Crippen molar-refractivity contribution in [1.82, 2.24) is 4.57 Å². The molecule has 9 rings (SSSR count). The van der Waals surface area contributed by atoms with Crippen LogP contribution in [0.3, 0.4) is 0 Å². The van der Waals surface area contributed by atoms with Gasteiger partial charge in [0.25, 0.3) is 0 Å². The number of nitrogens with zero attached hydrogens (tertiary/aromatic N) is 4. The third-order valence-electron chi connectivity index (χ3n) is 9.95. The van der Waals surface area contributed by atoms with E-state index in [0.29, 0.717) is 5.56 Å². The molecule has 0 saturated carbocycles. The van der Waals surface area contributed by atoms with Crippen LogP contribution in [-0.2, 0) is 5.41 Å². The Balaban J connectivity index is 1.25. The molecule has 0 spiro atoms. The summed E-state index contributed by atoms with van der Waals surface area (Å²) < 4.78 is 2.48. The number of aromatic nitrogens is 1. The summed E-state index contributed by atoms with van der Waals surface area (Å²) in [4.78, 5) is 10.7. The third-order valence-corrected chi connectivity index (χ3v) is 11.4. The Kier molecular flexibility index (Phi) is 5.94. The molecule has 1 aromatic heterocycles. The zero-order chi connectivity index (χ0) is 31.0. The van der Waals surface area contributed by atoms with E-state index in [2.05, 4.69) is 133 Å². The molecule has 220 valence electrons. The van der Waals surface area contributed by atoms with Crippen molar-refractivity contribution in [2.45, 2.75) is 29.9 Å². The summed E-state index contributed by atoms with van der Waals surface area (Å²) >= 11 is 1.93. The minimum atomic E-state index is -0.278. The van der Waals surface area contributed by atoms with Gasteiger partial charge in [0.15, 0.2) is 0 Å². The van der Waals surface area contributed by atoms with Gasteiger partial charge in [-0.05, 0) is 47.4 Å². The number of fused-ring (bicyclic) bond motifs is 8. The Bertz CT molecular complexity index is 2350. The molecule has 46 heavy (non-hydrogen) atoms. The van der Waals surface area contributed by atoms with Crippen LogP contribution in [0.4, 0.5) is 5.69 Å². The summed E-state index contributed by atoms with van der Waals surface area (Å²) in [5.74, 6) is 0. The van der Waals surface area contributed by atoms with E-state index in [1.165, 1.54) is 37.2 Å². The monoisotopic (exact) mass is 610 g/mol. The number of nitriles is 1. The fraction of sp³-hybridized carbons (Fsp3) is 0.122. The highest BCUT2D eigenvalue weighted by Crippen LogP contribution is 2.58. The third kappa shape index (κ3) is 3.84. The lowest BCUT2D eigenvalue weighted by Gasteiger charge is -2.36. The number of hydrogen-bond acceptors (Lipinski definition) is 4. The van der Waals surface area contributed by atoms with Crippen LogP contribution in [0.25, 0.3) is 32.9 Å². The molecule has 5 heteroatoms. The second-order valence-corrected chi connectivity index (χ2v) is 13.6. The minimum absolute atomic E-state index is 0.000390. The number of para-hydroxylation sites is 2. The van der Waals surface area contributed by atoms with Crippen LogP contribution >= 0.6 is 11.8 Å². The molecule has 1 aliphatic carbocycles. The summed E-state index contributed by atoms with van der Waals surface area (Å²) in [5, 5.41) is 11.7. The van der Waals surface area contributed by atoms with Crippen LogP contribution in [0.2, 0.25) is 0 Å². The Morgan fingerprint density at radius 3 is 2.35 bits per heavy atom. The van der Waals surface area contributed by atoms with Crippen molar-refractivity contribution in [3.05, 3.63) is 155 Å². The molecule has 6 aromatic rings. The number of aliphatic imine (C=N–C) groups is 1. The molecular formula is C41H30N4S. The van der Waals surface area contributed by atoms with E-state index in [-0.39, 0.29) is 11.7 Å². The number of hydrogen-bond donors (Lipinski definition) is 0. The van der Waals surface area contributed by atoms with Gasteiger partial charge in [-0.15, -0.1) is 0 Å². The van der Waals surface area contributed by atoms with Gasteiger partial charge in [-0.25, -0.2) is 4.99 Å². The molecule has 0 saturated heterocycles. The molecule has 0 bridgehead atoms. The first-order valence-corrected chi connectivity index (χ1v) is 16.5. The molecular weight excluding hydrogens is 581 g/mol. The van der Waals surface area contributed by atoms with Crippen LogP contribution in [0, 0.1) is 11.3 Å². The number of thioether (sulfide) groups is 1. The summed E-state index contributed by atoms with van der Waals surface area (Å²) in [7, 11) is 2.17. The average molecular weight is 611 g/mol. The lowest BCUT2D eigenvalue weighted by Crippen LogP contribution is -2.33. The van der Waals surface area contributed by atoms with Gasteiger partial charge in [-0.1, -0.05) is 122 Å². The number of benzene rings is 5. The van der Waals surface area contributed by atoms with Crippen molar-refractivity contribution in [3.8, 4) is 17.2 Å². The van der Waals surface area contributed by atoms with E-state index >= 15 is 0 Å². The van der Waals surface area contributed by atoms with E-state index in [1.54, 1.807) is 0 Å². The number of rotatable bonds is 3. The minimum Gasteiger partial charge on any atom is -0.335 e. The van der Waals surface area contributed by atoms with E-state index < -0.39 is 0 Å². The maximum absolute atomic E-state index is 9.22. The standard InChI is InChI=1S/C41H30N4S/c1-41-24-8-7-13-36(41)46-39-33(41)23-22-31-30-9-3-6-12-35(30)45(38(31)39)40-43-37(32-10-4-5-11-34(32)44(40)2)29-20-18-28(19-21-29)27-16-14-26(25-42)15-17-27/h3-23,40H,24H2,1-2H3. The average Bonchev–Trinajstić information content (AvgIpc) is 3.61. The van der Waals surface area contributed by atoms with Gasteiger partial charge in [0.2, 0.25) is 6.29 Å². The first-order valence-electron chi connectivity index (χ1n) is 15.7. The molecule has 3 aliphatic rings.